The maximum absolute atomic E-state index is 5.67. The van der Waals surface area contributed by atoms with Gasteiger partial charge in [0.15, 0.2) is 0 Å². The molecule has 2 aromatic rings. The summed E-state index contributed by atoms with van der Waals surface area (Å²) in [7, 11) is 0. The van der Waals surface area contributed by atoms with Crippen molar-refractivity contribution in [1.82, 2.24) is 14.8 Å². The number of aromatic nitrogens is 3. The zero-order valence-corrected chi connectivity index (χ0v) is 7.70. The number of hydrogen-bond acceptors (Lipinski definition) is 3. The van der Waals surface area contributed by atoms with Gasteiger partial charge >= 0.3 is 0 Å². The molecular formula is C8H9ClN4. The normalized spacial score (nSPS) is 10.8. The molecule has 0 saturated carbocycles. The van der Waals surface area contributed by atoms with E-state index in [9.17, 15) is 0 Å². The van der Waals surface area contributed by atoms with Crippen molar-refractivity contribution in [1.29, 1.82) is 0 Å². The van der Waals surface area contributed by atoms with E-state index in [1.54, 1.807) is 12.4 Å². The van der Waals surface area contributed by atoms with Crippen LogP contribution in [0.15, 0.2) is 18.5 Å². The number of fused-ring (bicyclic) bond motifs is 1. The lowest BCUT2D eigenvalue weighted by Gasteiger charge is -1.99. The predicted octanol–water partition coefficient (Wildman–Crippen LogP) is 1.25. The third-order valence-corrected chi connectivity index (χ3v) is 2.07. The van der Waals surface area contributed by atoms with Gasteiger partial charge in [0.2, 0.25) is 0 Å². The molecule has 5 heteroatoms. The van der Waals surface area contributed by atoms with Crippen molar-refractivity contribution in [3.63, 3.8) is 0 Å². The average molecular weight is 197 g/mol. The molecule has 0 bridgehead atoms. The van der Waals surface area contributed by atoms with Gasteiger partial charge in [-0.3, -0.25) is 4.68 Å². The summed E-state index contributed by atoms with van der Waals surface area (Å²) in [5.74, 6) is 1.05. The topological polar surface area (TPSA) is 56.7 Å². The van der Waals surface area contributed by atoms with Gasteiger partial charge < -0.3 is 5.73 Å². The largest absolute Gasteiger partial charge is 0.383 e. The van der Waals surface area contributed by atoms with E-state index in [0.29, 0.717) is 18.2 Å². The molecule has 0 aliphatic heterocycles. The Morgan fingerprint density at radius 3 is 3.15 bits per heavy atom. The quantitative estimate of drug-likeness (QED) is 0.736. The van der Waals surface area contributed by atoms with Crippen LogP contribution in [0, 0.1) is 0 Å². The zero-order valence-electron chi connectivity index (χ0n) is 6.94. The Hall–Kier alpha value is -1.29. The van der Waals surface area contributed by atoms with E-state index >= 15 is 0 Å². The van der Waals surface area contributed by atoms with Crippen LogP contribution in [0.5, 0.6) is 0 Å². The standard InChI is InChI=1S/C8H9ClN4/c9-2-4-13-7-1-3-11-8(10)6(7)5-12-13/h1,3,5H,2,4H2,(H2,10,11). The molecule has 2 N–H and O–H groups in total. The molecule has 0 unspecified atom stereocenters. The van der Waals surface area contributed by atoms with E-state index in [2.05, 4.69) is 10.1 Å². The van der Waals surface area contributed by atoms with Gasteiger partial charge in [-0.25, -0.2) is 4.98 Å². The van der Waals surface area contributed by atoms with Crippen LogP contribution in [0.4, 0.5) is 5.82 Å². The molecule has 0 aromatic carbocycles. The van der Waals surface area contributed by atoms with Crippen LogP contribution in [0.1, 0.15) is 0 Å². The number of nitrogens with two attached hydrogens (primary N) is 1. The van der Waals surface area contributed by atoms with Gasteiger partial charge in [0.1, 0.15) is 5.82 Å². The molecule has 2 heterocycles. The van der Waals surface area contributed by atoms with E-state index < -0.39 is 0 Å². The molecular weight excluding hydrogens is 188 g/mol. The van der Waals surface area contributed by atoms with Crippen LogP contribution in [-0.2, 0) is 6.54 Å². The van der Waals surface area contributed by atoms with E-state index in [4.69, 9.17) is 17.3 Å². The molecule has 0 fully saturated rings. The van der Waals surface area contributed by atoms with Gasteiger partial charge in [-0.2, -0.15) is 5.10 Å². The number of nitrogens with zero attached hydrogens (tertiary/aromatic N) is 3. The fraction of sp³-hybridized carbons (Fsp3) is 0.250. The minimum atomic E-state index is 0.512. The van der Waals surface area contributed by atoms with Crippen LogP contribution in [0.2, 0.25) is 0 Å². The summed E-state index contributed by atoms with van der Waals surface area (Å²) in [6, 6.07) is 1.88. The van der Waals surface area contributed by atoms with Gasteiger partial charge in [-0.1, -0.05) is 0 Å². The summed E-state index contributed by atoms with van der Waals surface area (Å²) in [5, 5.41) is 5.04. The number of hydrogen-bond donors (Lipinski definition) is 1. The highest BCUT2D eigenvalue weighted by Crippen LogP contribution is 2.17. The first-order valence-electron chi connectivity index (χ1n) is 3.95. The molecule has 0 atom stereocenters. The third kappa shape index (κ3) is 1.33. The summed E-state index contributed by atoms with van der Waals surface area (Å²) >= 11 is 5.63. The van der Waals surface area contributed by atoms with E-state index in [1.807, 2.05) is 10.7 Å². The molecule has 13 heavy (non-hydrogen) atoms. The van der Waals surface area contributed by atoms with Crippen LogP contribution >= 0.6 is 11.6 Å². The van der Waals surface area contributed by atoms with Crippen molar-refractivity contribution in [3.05, 3.63) is 18.5 Å². The monoisotopic (exact) mass is 196 g/mol. The first-order chi connectivity index (χ1) is 6.33. The third-order valence-electron chi connectivity index (χ3n) is 1.90. The number of alkyl halides is 1. The maximum atomic E-state index is 5.67. The zero-order chi connectivity index (χ0) is 9.26. The fourth-order valence-corrected chi connectivity index (χ4v) is 1.44. The lowest BCUT2D eigenvalue weighted by molar-refractivity contribution is 0.688. The SMILES string of the molecule is Nc1nccc2c1cnn2CCCl. The first-order valence-corrected chi connectivity index (χ1v) is 4.48. The Balaban J connectivity index is 2.61. The van der Waals surface area contributed by atoms with Gasteiger partial charge in [-0.15, -0.1) is 11.6 Å². The maximum Gasteiger partial charge on any atom is 0.134 e. The Kier molecular flexibility index (Phi) is 2.06. The predicted molar refractivity (Wildman–Crippen MR) is 52.7 cm³/mol. The molecule has 4 nitrogen and oxygen atoms in total. The molecule has 68 valence electrons. The van der Waals surface area contributed by atoms with E-state index in [1.165, 1.54) is 0 Å². The minimum Gasteiger partial charge on any atom is -0.383 e. The second-order valence-electron chi connectivity index (χ2n) is 2.69. The highest BCUT2D eigenvalue weighted by atomic mass is 35.5. The summed E-state index contributed by atoms with van der Waals surface area (Å²) in [5.41, 5.74) is 6.65. The number of aryl methyl sites for hydroxylation is 1. The molecule has 0 amide bonds. The lowest BCUT2D eigenvalue weighted by Crippen LogP contribution is -2.00. The molecule has 0 aliphatic rings. The summed E-state index contributed by atoms with van der Waals surface area (Å²) in [4.78, 5) is 3.97. The Bertz CT molecular complexity index is 423. The van der Waals surface area contributed by atoms with E-state index in [0.717, 1.165) is 10.9 Å². The number of halogens is 1. The molecule has 0 spiro atoms. The molecule has 0 radical (unpaired) electrons. The van der Waals surface area contributed by atoms with Crippen LogP contribution in [0.25, 0.3) is 10.9 Å². The second kappa shape index (κ2) is 3.22. The van der Waals surface area contributed by atoms with Crippen molar-refractivity contribution in [3.8, 4) is 0 Å². The number of anilines is 1. The van der Waals surface area contributed by atoms with Gasteiger partial charge in [0.25, 0.3) is 0 Å². The van der Waals surface area contributed by atoms with Crippen molar-refractivity contribution in [2.24, 2.45) is 0 Å². The molecule has 0 aliphatic carbocycles. The lowest BCUT2D eigenvalue weighted by atomic mass is 10.3. The van der Waals surface area contributed by atoms with Crippen molar-refractivity contribution in [2.45, 2.75) is 6.54 Å². The molecule has 2 rings (SSSR count). The Morgan fingerprint density at radius 2 is 2.38 bits per heavy atom. The first kappa shape index (κ1) is 8.31. The number of nitrogen functional groups attached to an aromatic ring is 1. The molecule has 2 aromatic heterocycles. The number of rotatable bonds is 2. The smallest absolute Gasteiger partial charge is 0.134 e. The van der Waals surface area contributed by atoms with Crippen LogP contribution in [0.3, 0.4) is 0 Å². The highest BCUT2D eigenvalue weighted by molar-refractivity contribution is 6.17. The summed E-state index contributed by atoms with van der Waals surface area (Å²) in [6.45, 7) is 0.689. The van der Waals surface area contributed by atoms with E-state index in [-0.39, 0.29) is 0 Å². The summed E-state index contributed by atoms with van der Waals surface area (Å²) < 4.78 is 1.82. The van der Waals surface area contributed by atoms with Gasteiger partial charge in [0.05, 0.1) is 23.6 Å². The van der Waals surface area contributed by atoms with Crippen LogP contribution < -0.4 is 5.73 Å². The van der Waals surface area contributed by atoms with Crippen LogP contribution in [-0.4, -0.2) is 20.6 Å². The Morgan fingerprint density at radius 1 is 1.54 bits per heavy atom. The number of pyridine rings is 1. The molecule has 0 saturated heterocycles. The average Bonchev–Trinajstić information content (AvgIpc) is 2.51. The highest BCUT2D eigenvalue weighted by Gasteiger charge is 2.04. The second-order valence-corrected chi connectivity index (χ2v) is 3.06. The van der Waals surface area contributed by atoms with Crippen molar-refractivity contribution >= 4 is 28.3 Å². The fourth-order valence-electron chi connectivity index (χ4n) is 1.28. The minimum absolute atomic E-state index is 0.512. The Labute approximate surface area is 80.3 Å². The van der Waals surface area contributed by atoms with Crippen molar-refractivity contribution in [2.75, 3.05) is 11.6 Å². The summed E-state index contributed by atoms with van der Waals surface area (Å²) in [6.07, 6.45) is 3.38. The van der Waals surface area contributed by atoms with Gasteiger partial charge in [-0.05, 0) is 6.07 Å². The van der Waals surface area contributed by atoms with Gasteiger partial charge in [0, 0.05) is 12.1 Å². The van der Waals surface area contributed by atoms with Crippen molar-refractivity contribution < 1.29 is 0 Å².